The Morgan fingerprint density at radius 3 is 2.70 bits per heavy atom. The minimum atomic E-state index is 0.101. The Balaban J connectivity index is 2.25. The standard InChI is InChI=1S/C17H28N2O/c1-13(2)11-19(3)17(12-18)8-7-14-5-6-16(20-4)9-15(14)10-17/h5-6,9,13H,7-8,10-12,18H2,1-4H3. The molecule has 1 unspecified atom stereocenters. The Labute approximate surface area is 123 Å². The predicted octanol–water partition coefficient (Wildman–Crippen LogP) is 2.47. The predicted molar refractivity (Wildman–Crippen MR) is 84.3 cm³/mol. The molecule has 2 N–H and O–H groups in total. The van der Waals surface area contributed by atoms with Crippen molar-refractivity contribution in [1.29, 1.82) is 0 Å². The summed E-state index contributed by atoms with van der Waals surface area (Å²) in [6, 6.07) is 6.45. The van der Waals surface area contributed by atoms with Crippen molar-refractivity contribution in [3.05, 3.63) is 29.3 Å². The summed E-state index contributed by atoms with van der Waals surface area (Å²) in [5.41, 5.74) is 9.12. The summed E-state index contributed by atoms with van der Waals surface area (Å²) in [5, 5.41) is 0. The van der Waals surface area contributed by atoms with E-state index in [0.29, 0.717) is 12.5 Å². The number of nitrogens with two attached hydrogens (primary N) is 1. The molecule has 20 heavy (non-hydrogen) atoms. The van der Waals surface area contributed by atoms with E-state index in [9.17, 15) is 0 Å². The highest BCUT2D eigenvalue weighted by Gasteiger charge is 2.37. The zero-order chi connectivity index (χ0) is 14.8. The van der Waals surface area contributed by atoms with Crippen molar-refractivity contribution < 1.29 is 4.74 Å². The van der Waals surface area contributed by atoms with Crippen molar-refractivity contribution in [1.82, 2.24) is 4.90 Å². The lowest BCUT2D eigenvalue weighted by Crippen LogP contribution is -2.56. The number of hydrogen-bond acceptors (Lipinski definition) is 3. The summed E-state index contributed by atoms with van der Waals surface area (Å²) in [5.74, 6) is 1.61. The van der Waals surface area contributed by atoms with Gasteiger partial charge < -0.3 is 10.5 Å². The molecule has 1 aromatic carbocycles. The molecule has 1 aliphatic rings. The molecule has 0 fully saturated rings. The van der Waals surface area contributed by atoms with Crippen LogP contribution in [0.1, 0.15) is 31.4 Å². The Morgan fingerprint density at radius 2 is 2.10 bits per heavy atom. The van der Waals surface area contributed by atoms with Gasteiger partial charge in [0.2, 0.25) is 0 Å². The van der Waals surface area contributed by atoms with Gasteiger partial charge in [0.05, 0.1) is 7.11 Å². The number of fused-ring (bicyclic) bond motifs is 1. The molecule has 2 rings (SSSR count). The average Bonchev–Trinajstić information content (AvgIpc) is 2.45. The third-order valence-corrected chi connectivity index (χ3v) is 4.62. The van der Waals surface area contributed by atoms with Crippen LogP contribution in [0.3, 0.4) is 0 Å². The van der Waals surface area contributed by atoms with E-state index in [4.69, 9.17) is 10.5 Å². The van der Waals surface area contributed by atoms with Gasteiger partial charge in [-0.15, -0.1) is 0 Å². The van der Waals surface area contributed by atoms with E-state index in [1.807, 2.05) is 0 Å². The van der Waals surface area contributed by atoms with Crippen LogP contribution in [0, 0.1) is 5.92 Å². The number of hydrogen-bond donors (Lipinski definition) is 1. The summed E-state index contributed by atoms with van der Waals surface area (Å²) in [6.07, 6.45) is 3.28. The van der Waals surface area contributed by atoms with Crippen molar-refractivity contribution in [3.8, 4) is 5.75 Å². The molecule has 0 saturated heterocycles. The monoisotopic (exact) mass is 276 g/mol. The third kappa shape index (κ3) is 2.99. The van der Waals surface area contributed by atoms with Gasteiger partial charge in [-0.1, -0.05) is 19.9 Å². The summed E-state index contributed by atoms with van der Waals surface area (Å²) in [7, 11) is 3.95. The fourth-order valence-electron chi connectivity index (χ4n) is 3.35. The van der Waals surface area contributed by atoms with Gasteiger partial charge >= 0.3 is 0 Å². The highest BCUT2D eigenvalue weighted by Crippen LogP contribution is 2.34. The van der Waals surface area contributed by atoms with E-state index >= 15 is 0 Å². The smallest absolute Gasteiger partial charge is 0.119 e. The molecule has 1 atom stereocenters. The maximum absolute atomic E-state index is 6.17. The molecule has 1 aliphatic carbocycles. The van der Waals surface area contributed by atoms with Crippen molar-refractivity contribution in [2.75, 3.05) is 27.2 Å². The number of rotatable bonds is 5. The van der Waals surface area contributed by atoms with Gasteiger partial charge in [-0.25, -0.2) is 0 Å². The summed E-state index contributed by atoms with van der Waals surface area (Å²) in [4.78, 5) is 2.47. The lowest BCUT2D eigenvalue weighted by molar-refractivity contribution is 0.0957. The lowest BCUT2D eigenvalue weighted by Gasteiger charge is -2.45. The second kappa shape index (κ2) is 6.15. The molecule has 0 spiro atoms. The molecular weight excluding hydrogens is 248 g/mol. The second-order valence-corrected chi connectivity index (χ2v) is 6.51. The second-order valence-electron chi connectivity index (χ2n) is 6.51. The molecule has 112 valence electrons. The van der Waals surface area contributed by atoms with E-state index in [2.05, 4.69) is 44.0 Å². The zero-order valence-corrected chi connectivity index (χ0v) is 13.3. The first kappa shape index (κ1) is 15.3. The van der Waals surface area contributed by atoms with Crippen molar-refractivity contribution in [2.45, 2.75) is 38.6 Å². The first-order valence-electron chi connectivity index (χ1n) is 7.58. The minimum Gasteiger partial charge on any atom is -0.497 e. The van der Waals surface area contributed by atoms with Crippen molar-refractivity contribution in [2.24, 2.45) is 11.7 Å². The van der Waals surface area contributed by atoms with E-state index < -0.39 is 0 Å². The van der Waals surface area contributed by atoms with Crippen LogP contribution in [-0.2, 0) is 12.8 Å². The fraction of sp³-hybridized carbons (Fsp3) is 0.647. The van der Waals surface area contributed by atoms with E-state index in [0.717, 1.165) is 31.6 Å². The average molecular weight is 276 g/mol. The molecule has 0 heterocycles. The van der Waals surface area contributed by atoms with Crippen LogP contribution >= 0.6 is 0 Å². The van der Waals surface area contributed by atoms with Crippen LogP contribution in [0.5, 0.6) is 5.75 Å². The molecule has 3 heteroatoms. The van der Waals surface area contributed by atoms with Crippen LogP contribution in [0.2, 0.25) is 0 Å². The largest absolute Gasteiger partial charge is 0.497 e. The zero-order valence-electron chi connectivity index (χ0n) is 13.3. The quantitative estimate of drug-likeness (QED) is 0.898. The number of methoxy groups -OCH3 is 1. The van der Waals surface area contributed by atoms with Crippen molar-refractivity contribution >= 4 is 0 Å². The molecule has 0 aliphatic heterocycles. The first-order chi connectivity index (χ1) is 9.50. The van der Waals surface area contributed by atoms with Gasteiger partial charge in [-0.2, -0.15) is 0 Å². The normalized spacial score (nSPS) is 22.1. The van der Waals surface area contributed by atoms with E-state index in [1.54, 1.807) is 7.11 Å². The first-order valence-corrected chi connectivity index (χ1v) is 7.58. The maximum Gasteiger partial charge on any atom is 0.119 e. The molecule has 0 saturated carbocycles. The minimum absolute atomic E-state index is 0.101. The lowest BCUT2D eigenvalue weighted by atomic mass is 9.76. The van der Waals surface area contributed by atoms with Crippen LogP contribution in [0.15, 0.2) is 18.2 Å². The van der Waals surface area contributed by atoms with Crippen LogP contribution in [0.4, 0.5) is 0 Å². The van der Waals surface area contributed by atoms with Gasteiger partial charge in [0, 0.05) is 18.6 Å². The van der Waals surface area contributed by atoms with Gasteiger partial charge in [-0.3, -0.25) is 4.90 Å². The fourth-order valence-corrected chi connectivity index (χ4v) is 3.35. The number of ether oxygens (including phenoxy) is 1. The van der Waals surface area contributed by atoms with Crippen LogP contribution in [-0.4, -0.2) is 37.7 Å². The Kier molecular flexibility index (Phi) is 4.71. The Bertz CT molecular complexity index is 458. The molecule has 1 aromatic rings. The summed E-state index contributed by atoms with van der Waals surface area (Å²) >= 11 is 0. The molecule has 0 aromatic heterocycles. The van der Waals surface area contributed by atoms with Gasteiger partial charge in [-0.05, 0) is 55.5 Å². The SMILES string of the molecule is COc1ccc2c(c1)CC(CN)(N(C)CC(C)C)CC2. The van der Waals surface area contributed by atoms with E-state index in [1.165, 1.54) is 11.1 Å². The highest BCUT2D eigenvalue weighted by molar-refractivity contribution is 5.39. The van der Waals surface area contributed by atoms with Gasteiger partial charge in [0.15, 0.2) is 0 Å². The molecule has 0 bridgehead atoms. The molecule has 3 nitrogen and oxygen atoms in total. The summed E-state index contributed by atoms with van der Waals surface area (Å²) < 4.78 is 5.36. The topological polar surface area (TPSA) is 38.5 Å². The van der Waals surface area contributed by atoms with Crippen LogP contribution < -0.4 is 10.5 Å². The number of aryl methyl sites for hydroxylation is 1. The Hall–Kier alpha value is -1.06. The number of nitrogens with zero attached hydrogens (tertiary/aromatic N) is 1. The molecule has 0 amide bonds. The Morgan fingerprint density at radius 1 is 1.35 bits per heavy atom. The van der Waals surface area contributed by atoms with Gasteiger partial charge in [0.25, 0.3) is 0 Å². The summed E-state index contributed by atoms with van der Waals surface area (Å²) in [6.45, 7) is 6.34. The number of benzene rings is 1. The van der Waals surface area contributed by atoms with Crippen LogP contribution in [0.25, 0.3) is 0 Å². The van der Waals surface area contributed by atoms with Crippen molar-refractivity contribution in [3.63, 3.8) is 0 Å². The third-order valence-electron chi connectivity index (χ3n) is 4.62. The highest BCUT2D eigenvalue weighted by atomic mass is 16.5. The molecular formula is C17H28N2O. The molecule has 0 radical (unpaired) electrons. The van der Waals surface area contributed by atoms with Gasteiger partial charge in [0.1, 0.15) is 5.75 Å². The number of likely N-dealkylation sites (N-methyl/N-ethyl adjacent to an activating group) is 1. The van der Waals surface area contributed by atoms with E-state index in [-0.39, 0.29) is 5.54 Å². The maximum atomic E-state index is 6.17.